The molecule has 1 atom stereocenters. The molecule has 1 aliphatic rings. The van der Waals surface area contributed by atoms with Crippen LogP contribution < -0.4 is 5.32 Å². The van der Waals surface area contributed by atoms with E-state index in [1.54, 1.807) is 12.0 Å². The summed E-state index contributed by atoms with van der Waals surface area (Å²) >= 11 is 0. The standard InChI is InChI=1S/C20H22N2O3/c1-25-12-11-21-19(23)18(13-15-7-3-2-4-8-15)22-14-16-9-5-6-10-17(16)20(22)24/h2-10,18H,11-14H2,1H3,(H,21,23)/t18-/m1/s1. The van der Waals surface area contributed by atoms with Crippen molar-refractivity contribution < 1.29 is 14.3 Å². The van der Waals surface area contributed by atoms with E-state index in [1.807, 2.05) is 54.6 Å². The van der Waals surface area contributed by atoms with E-state index in [9.17, 15) is 9.59 Å². The molecule has 0 saturated heterocycles. The third-order valence-electron chi connectivity index (χ3n) is 4.41. The van der Waals surface area contributed by atoms with Crippen LogP contribution in [0, 0.1) is 0 Å². The molecule has 0 fully saturated rings. The highest BCUT2D eigenvalue weighted by Crippen LogP contribution is 2.25. The van der Waals surface area contributed by atoms with E-state index in [1.165, 1.54) is 0 Å². The van der Waals surface area contributed by atoms with E-state index in [2.05, 4.69) is 5.32 Å². The highest BCUT2D eigenvalue weighted by atomic mass is 16.5. The van der Waals surface area contributed by atoms with Crippen molar-refractivity contribution in [3.63, 3.8) is 0 Å². The van der Waals surface area contributed by atoms with E-state index in [0.29, 0.717) is 31.7 Å². The molecule has 0 bridgehead atoms. The summed E-state index contributed by atoms with van der Waals surface area (Å²) < 4.78 is 4.99. The first kappa shape index (κ1) is 17.2. The Hall–Kier alpha value is -2.66. The fourth-order valence-electron chi connectivity index (χ4n) is 3.10. The molecule has 0 spiro atoms. The minimum absolute atomic E-state index is 0.0848. The molecule has 0 saturated carbocycles. The van der Waals surface area contributed by atoms with Gasteiger partial charge in [-0.2, -0.15) is 0 Å². The molecule has 3 rings (SSSR count). The number of benzene rings is 2. The normalized spacial score (nSPS) is 14.3. The highest BCUT2D eigenvalue weighted by molar-refractivity contribution is 6.01. The monoisotopic (exact) mass is 338 g/mol. The summed E-state index contributed by atoms with van der Waals surface area (Å²) in [7, 11) is 1.59. The van der Waals surface area contributed by atoms with Crippen LogP contribution >= 0.6 is 0 Å². The van der Waals surface area contributed by atoms with Crippen LogP contribution in [0.4, 0.5) is 0 Å². The molecule has 2 amide bonds. The molecule has 0 radical (unpaired) electrons. The van der Waals surface area contributed by atoms with Crippen LogP contribution in [-0.4, -0.2) is 43.0 Å². The van der Waals surface area contributed by atoms with Crippen LogP contribution in [0.15, 0.2) is 54.6 Å². The Kier molecular flexibility index (Phi) is 5.46. The first-order valence-corrected chi connectivity index (χ1v) is 8.40. The molecule has 2 aromatic carbocycles. The molecular weight excluding hydrogens is 316 g/mol. The van der Waals surface area contributed by atoms with Gasteiger partial charge in [0.05, 0.1) is 6.61 Å². The third kappa shape index (κ3) is 3.88. The molecule has 1 N–H and O–H groups in total. The van der Waals surface area contributed by atoms with E-state index in [0.717, 1.165) is 11.1 Å². The zero-order valence-electron chi connectivity index (χ0n) is 14.3. The average molecular weight is 338 g/mol. The summed E-state index contributed by atoms with van der Waals surface area (Å²) in [6, 6.07) is 16.8. The number of hydrogen-bond acceptors (Lipinski definition) is 3. The maximum atomic E-state index is 12.8. The molecule has 2 aromatic rings. The van der Waals surface area contributed by atoms with Gasteiger partial charge in [-0.3, -0.25) is 9.59 Å². The van der Waals surface area contributed by atoms with Crippen LogP contribution in [0.1, 0.15) is 21.5 Å². The summed E-state index contributed by atoms with van der Waals surface area (Å²) in [5.74, 6) is -0.236. The van der Waals surface area contributed by atoms with Gasteiger partial charge in [0.2, 0.25) is 5.91 Å². The minimum atomic E-state index is -0.542. The van der Waals surface area contributed by atoms with Crippen molar-refractivity contribution in [2.75, 3.05) is 20.3 Å². The minimum Gasteiger partial charge on any atom is -0.383 e. The van der Waals surface area contributed by atoms with Crippen molar-refractivity contribution in [2.24, 2.45) is 0 Å². The number of nitrogens with one attached hydrogen (secondary N) is 1. The number of fused-ring (bicyclic) bond motifs is 1. The number of carbonyl (C=O) groups excluding carboxylic acids is 2. The maximum absolute atomic E-state index is 12.8. The fourth-order valence-corrected chi connectivity index (χ4v) is 3.10. The number of hydrogen-bond donors (Lipinski definition) is 1. The average Bonchev–Trinajstić information content (AvgIpc) is 2.97. The van der Waals surface area contributed by atoms with Crippen LogP contribution in [0.5, 0.6) is 0 Å². The first-order valence-electron chi connectivity index (χ1n) is 8.40. The second-order valence-electron chi connectivity index (χ2n) is 6.08. The highest BCUT2D eigenvalue weighted by Gasteiger charge is 2.36. The number of carbonyl (C=O) groups is 2. The van der Waals surface area contributed by atoms with Crippen molar-refractivity contribution >= 4 is 11.8 Å². The Morgan fingerprint density at radius 1 is 1.16 bits per heavy atom. The van der Waals surface area contributed by atoms with Crippen molar-refractivity contribution in [1.29, 1.82) is 0 Å². The quantitative estimate of drug-likeness (QED) is 0.786. The summed E-state index contributed by atoms with van der Waals surface area (Å²) in [6.45, 7) is 1.33. The molecule has 25 heavy (non-hydrogen) atoms. The number of rotatable bonds is 7. The largest absolute Gasteiger partial charge is 0.383 e. The molecule has 5 nitrogen and oxygen atoms in total. The van der Waals surface area contributed by atoms with E-state index in [-0.39, 0.29) is 11.8 Å². The molecule has 130 valence electrons. The van der Waals surface area contributed by atoms with Crippen molar-refractivity contribution in [1.82, 2.24) is 10.2 Å². The fraction of sp³-hybridized carbons (Fsp3) is 0.300. The molecular formula is C20H22N2O3. The zero-order chi connectivity index (χ0) is 17.6. The van der Waals surface area contributed by atoms with Gasteiger partial charge in [-0.1, -0.05) is 48.5 Å². The summed E-state index contributed by atoms with van der Waals surface area (Å²) in [6.07, 6.45) is 0.486. The van der Waals surface area contributed by atoms with E-state index in [4.69, 9.17) is 4.74 Å². The topological polar surface area (TPSA) is 58.6 Å². The van der Waals surface area contributed by atoms with Gasteiger partial charge in [-0.25, -0.2) is 0 Å². The Balaban J connectivity index is 1.81. The Morgan fingerprint density at radius 2 is 1.88 bits per heavy atom. The van der Waals surface area contributed by atoms with Gasteiger partial charge < -0.3 is 15.0 Å². The van der Waals surface area contributed by atoms with Gasteiger partial charge in [0.25, 0.3) is 5.91 Å². The smallest absolute Gasteiger partial charge is 0.255 e. The molecule has 1 aliphatic heterocycles. The van der Waals surface area contributed by atoms with Gasteiger partial charge in [-0.15, -0.1) is 0 Å². The van der Waals surface area contributed by atoms with E-state index < -0.39 is 6.04 Å². The number of ether oxygens (including phenoxy) is 1. The number of methoxy groups -OCH3 is 1. The summed E-state index contributed by atoms with van der Waals surface area (Å²) in [5, 5.41) is 2.87. The Bertz CT molecular complexity index is 746. The predicted molar refractivity (Wildman–Crippen MR) is 95.1 cm³/mol. The third-order valence-corrected chi connectivity index (χ3v) is 4.41. The lowest BCUT2D eigenvalue weighted by atomic mass is 10.0. The van der Waals surface area contributed by atoms with Gasteiger partial charge >= 0.3 is 0 Å². The van der Waals surface area contributed by atoms with Crippen molar-refractivity contribution in [3.05, 3.63) is 71.3 Å². The lowest BCUT2D eigenvalue weighted by Gasteiger charge is -2.27. The van der Waals surface area contributed by atoms with Crippen molar-refractivity contribution in [2.45, 2.75) is 19.0 Å². The van der Waals surface area contributed by atoms with Crippen LogP contribution in [0.2, 0.25) is 0 Å². The lowest BCUT2D eigenvalue weighted by molar-refractivity contribution is -0.125. The summed E-state index contributed by atoms with van der Waals surface area (Å²) in [5.41, 5.74) is 2.68. The lowest BCUT2D eigenvalue weighted by Crippen LogP contribution is -2.49. The number of nitrogens with zero attached hydrogens (tertiary/aromatic N) is 1. The molecule has 0 aromatic heterocycles. The molecule has 0 aliphatic carbocycles. The van der Waals surface area contributed by atoms with Gasteiger partial charge in [0.1, 0.15) is 6.04 Å². The second-order valence-corrected chi connectivity index (χ2v) is 6.08. The Labute approximate surface area is 147 Å². The molecule has 5 heteroatoms. The Morgan fingerprint density at radius 3 is 2.60 bits per heavy atom. The van der Waals surface area contributed by atoms with Gasteiger partial charge in [0.15, 0.2) is 0 Å². The number of amides is 2. The maximum Gasteiger partial charge on any atom is 0.255 e. The zero-order valence-corrected chi connectivity index (χ0v) is 14.3. The molecule has 0 unspecified atom stereocenters. The van der Waals surface area contributed by atoms with Gasteiger partial charge in [-0.05, 0) is 17.2 Å². The van der Waals surface area contributed by atoms with Crippen LogP contribution in [0.25, 0.3) is 0 Å². The van der Waals surface area contributed by atoms with Crippen LogP contribution in [0.3, 0.4) is 0 Å². The van der Waals surface area contributed by atoms with Crippen LogP contribution in [-0.2, 0) is 22.5 Å². The second kappa shape index (κ2) is 7.94. The van der Waals surface area contributed by atoms with Gasteiger partial charge in [0, 0.05) is 32.2 Å². The summed E-state index contributed by atoms with van der Waals surface area (Å²) in [4.78, 5) is 27.2. The first-order chi connectivity index (χ1) is 12.2. The molecule has 1 heterocycles. The van der Waals surface area contributed by atoms with E-state index >= 15 is 0 Å². The SMILES string of the molecule is COCCNC(=O)[C@@H](Cc1ccccc1)N1Cc2ccccc2C1=O. The predicted octanol–water partition coefficient (Wildman–Crippen LogP) is 2.02. The van der Waals surface area contributed by atoms with Crippen molar-refractivity contribution in [3.8, 4) is 0 Å².